The number of benzene rings is 1. The first-order valence-corrected chi connectivity index (χ1v) is 5.82. The van der Waals surface area contributed by atoms with E-state index in [0.29, 0.717) is 5.69 Å². The Morgan fingerprint density at radius 2 is 1.74 bits per heavy atom. The van der Waals surface area contributed by atoms with Crippen LogP contribution in [0.25, 0.3) is 0 Å². The third-order valence-electron chi connectivity index (χ3n) is 3.03. The van der Waals surface area contributed by atoms with E-state index in [-0.39, 0.29) is 5.75 Å². The average Bonchev–Trinajstić information content (AvgIpc) is 2.37. The Hall–Kier alpha value is -1.38. The summed E-state index contributed by atoms with van der Waals surface area (Å²) in [7, 11) is 0. The second kappa shape index (κ2) is 4.95. The fourth-order valence-corrected chi connectivity index (χ4v) is 1.88. The van der Waals surface area contributed by atoms with Crippen molar-refractivity contribution in [3.05, 3.63) is 24.3 Å². The first kappa shape index (κ1) is 14.0. The maximum Gasteiger partial charge on any atom is 0.355 e. The van der Waals surface area contributed by atoms with Crippen molar-refractivity contribution in [3.63, 3.8) is 0 Å². The number of hydrogen-bond acceptors (Lipinski definition) is 7. The van der Waals surface area contributed by atoms with Gasteiger partial charge in [-0.05, 0) is 31.2 Å². The fourth-order valence-electron chi connectivity index (χ4n) is 1.88. The van der Waals surface area contributed by atoms with Crippen LogP contribution in [-0.2, 0) is 4.74 Å². The summed E-state index contributed by atoms with van der Waals surface area (Å²) in [4.78, 5) is 0. The Kier molecular flexibility index (Phi) is 3.66. The summed E-state index contributed by atoms with van der Waals surface area (Å²) in [5.41, 5.74) is 6.02. The van der Waals surface area contributed by atoms with E-state index in [0.717, 1.165) is 0 Å². The van der Waals surface area contributed by atoms with E-state index >= 15 is 0 Å². The molecule has 1 aromatic rings. The van der Waals surface area contributed by atoms with Crippen molar-refractivity contribution in [3.8, 4) is 5.75 Å². The summed E-state index contributed by atoms with van der Waals surface area (Å²) < 4.78 is 10.2. The van der Waals surface area contributed by atoms with Gasteiger partial charge in [-0.3, -0.25) is 0 Å². The molecule has 0 bridgehead atoms. The lowest BCUT2D eigenvalue weighted by molar-refractivity contribution is -0.417. The molecule has 1 fully saturated rings. The molecule has 5 atom stereocenters. The highest BCUT2D eigenvalue weighted by molar-refractivity contribution is 5.41. The van der Waals surface area contributed by atoms with Gasteiger partial charge in [-0.15, -0.1) is 0 Å². The normalized spacial score (nSPS) is 39.0. The quantitative estimate of drug-likeness (QED) is 0.338. The molecule has 1 heterocycles. The molecule has 1 saturated heterocycles. The van der Waals surface area contributed by atoms with Crippen LogP contribution in [0.3, 0.4) is 0 Å². The summed E-state index contributed by atoms with van der Waals surface area (Å²) in [6, 6.07) is 6.04. The van der Waals surface area contributed by atoms with Crippen molar-refractivity contribution >= 4 is 5.69 Å². The van der Waals surface area contributed by atoms with E-state index in [1.807, 2.05) is 0 Å². The van der Waals surface area contributed by atoms with Crippen LogP contribution in [0.1, 0.15) is 6.92 Å². The van der Waals surface area contributed by atoms with Gasteiger partial charge in [0, 0.05) is 5.69 Å². The van der Waals surface area contributed by atoms with Gasteiger partial charge in [-0.1, -0.05) is 0 Å². The van der Waals surface area contributed by atoms with Crippen molar-refractivity contribution in [1.29, 1.82) is 0 Å². The predicted molar refractivity (Wildman–Crippen MR) is 65.0 cm³/mol. The molecule has 0 amide bonds. The van der Waals surface area contributed by atoms with Gasteiger partial charge in [-0.25, -0.2) is 0 Å². The molecule has 106 valence electrons. The summed E-state index contributed by atoms with van der Waals surface area (Å²) in [5, 5.41) is 39.1. The molecule has 0 aliphatic carbocycles. The Bertz CT molecular complexity index is 438. The monoisotopic (exact) mass is 271 g/mol. The first-order valence-electron chi connectivity index (χ1n) is 5.82. The van der Waals surface area contributed by atoms with E-state index in [1.54, 1.807) is 12.1 Å². The molecular formula is C12H17NO6. The fraction of sp³-hybridized carbons (Fsp3) is 0.500. The topological polar surface area (TPSA) is 125 Å². The zero-order chi connectivity index (χ0) is 14.2. The molecule has 0 saturated carbocycles. The van der Waals surface area contributed by atoms with Crippen LogP contribution in [0.2, 0.25) is 0 Å². The highest BCUT2D eigenvalue weighted by atomic mass is 16.8. The molecule has 7 nitrogen and oxygen atoms in total. The van der Waals surface area contributed by atoms with Crippen LogP contribution in [0.5, 0.6) is 5.75 Å². The maximum atomic E-state index is 10.1. The van der Waals surface area contributed by atoms with Crippen molar-refractivity contribution in [2.24, 2.45) is 0 Å². The third kappa shape index (κ3) is 2.65. The number of nitrogen functional groups attached to an aromatic ring is 1. The average molecular weight is 271 g/mol. The Morgan fingerprint density at radius 1 is 1.16 bits per heavy atom. The second-order valence-electron chi connectivity index (χ2n) is 4.55. The Morgan fingerprint density at radius 3 is 2.32 bits per heavy atom. The van der Waals surface area contributed by atoms with E-state index in [2.05, 4.69) is 0 Å². The largest absolute Gasteiger partial charge is 0.437 e. The lowest BCUT2D eigenvalue weighted by Gasteiger charge is -2.43. The minimum atomic E-state index is -2.44. The standard InChI is InChI=1S/C12H17NO6/c1-6-9(14)10(15)11(16)12(17,18-6)19-8-4-2-7(13)3-5-8/h2-6,9-11,14-17H,13H2,1H3/t6-,9-,10+,11+,12-/m0/s1. The number of aliphatic hydroxyl groups excluding tert-OH is 3. The van der Waals surface area contributed by atoms with Crippen molar-refractivity contribution in [2.75, 3.05) is 5.73 Å². The van der Waals surface area contributed by atoms with Gasteiger partial charge in [0.05, 0.1) is 6.10 Å². The predicted octanol–water partition coefficient (Wildman–Crippen LogP) is -1.20. The molecule has 0 spiro atoms. The number of hydrogen-bond donors (Lipinski definition) is 5. The van der Waals surface area contributed by atoms with E-state index in [9.17, 15) is 20.4 Å². The van der Waals surface area contributed by atoms with Gasteiger partial charge >= 0.3 is 5.97 Å². The SMILES string of the molecule is C[C@@H]1O[C@](O)(Oc2ccc(N)cc2)[C@H](O)[C@H](O)[C@H]1O. The summed E-state index contributed by atoms with van der Waals surface area (Å²) >= 11 is 0. The summed E-state index contributed by atoms with van der Waals surface area (Å²) in [6.45, 7) is 1.44. The van der Waals surface area contributed by atoms with Crippen LogP contribution in [0.15, 0.2) is 24.3 Å². The molecule has 0 aromatic heterocycles. The van der Waals surface area contributed by atoms with Gasteiger partial charge < -0.3 is 35.6 Å². The van der Waals surface area contributed by atoms with Crippen LogP contribution >= 0.6 is 0 Å². The molecule has 1 aliphatic rings. The molecule has 2 rings (SSSR count). The van der Waals surface area contributed by atoms with Crippen molar-refractivity contribution < 1.29 is 29.9 Å². The zero-order valence-electron chi connectivity index (χ0n) is 10.3. The van der Waals surface area contributed by atoms with Crippen molar-refractivity contribution in [2.45, 2.75) is 37.3 Å². The van der Waals surface area contributed by atoms with Gasteiger partial charge in [0.1, 0.15) is 18.0 Å². The van der Waals surface area contributed by atoms with Crippen LogP contribution in [-0.4, -0.2) is 50.8 Å². The number of anilines is 1. The minimum Gasteiger partial charge on any atom is -0.437 e. The van der Waals surface area contributed by atoms with Crippen LogP contribution in [0, 0.1) is 0 Å². The first-order chi connectivity index (χ1) is 8.83. The minimum absolute atomic E-state index is 0.200. The summed E-state index contributed by atoms with van der Waals surface area (Å²) in [5.74, 6) is -2.24. The van der Waals surface area contributed by atoms with Crippen LogP contribution < -0.4 is 10.5 Å². The number of ether oxygens (including phenoxy) is 2. The smallest absolute Gasteiger partial charge is 0.355 e. The molecule has 1 aliphatic heterocycles. The van der Waals surface area contributed by atoms with E-state index < -0.39 is 30.4 Å². The number of nitrogens with two attached hydrogens (primary N) is 1. The zero-order valence-corrected chi connectivity index (χ0v) is 10.3. The van der Waals surface area contributed by atoms with Gasteiger partial charge in [0.2, 0.25) is 0 Å². The molecule has 0 radical (unpaired) electrons. The summed E-state index contributed by atoms with van der Waals surface area (Å²) in [6.07, 6.45) is -5.61. The highest BCUT2D eigenvalue weighted by Crippen LogP contribution is 2.30. The van der Waals surface area contributed by atoms with Gasteiger partial charge in [0.15, 0.2) is 6.10 Å². The molecule has 1 aromatic carbocycles. The van der Waals surface area contributed by atoms with Crippen LogP contribution in [0.4, 0.5) is 5.69 Å². The Labute approximate surface area is 109 Å². The molecule has 19 heavy (non-hydrogen) atoms. The third-order valence-corrected chi connectivity index (χ3v) is 3.03. The molecular weight excluding hydrogens is 254 g/mol. The second-order valence-corrected chi connectivity index (χ2v) is 4.55. The number of aliphatic hydroxyl groups is 4. The van der Waals surface area contributed by atoms with Gasteiger partial charge in [-0.2, -0.15) is 0 Å². The Balaban J connectivity index is 2.19. The molecule has 6 N–H and O–H groups in total. The van der Waals surface area contributed by atoms with Gasteiger partial charge in [0.25, 0.3) is 0 Å². The molecule has 7 heteroatoms. The lowest BCUT2D eigenvalue weighted by atomic mass is 9.98. The maximum absolute atomic E-state index is 10.1. The lowest BCUT2D eigenvalue weighted by Crippen LogP contribution is -2.66. The molecule has 0 unspecified atom stereocenters. The number of rotatable bonds is 2. The van der Waals surface area contributed by atoms with E-state index in [1.165, 1.54) is 19.1 Å². The highest BCUT2D eigenvalue weighted by Gasteiger charge is 2.54. The van der Waals surface area contributed by atoms with E-state index in [4.69, 9.17) is 15.2 Å². The van der Waals surface area contributed by atoms with Crippen molar-refractivity contribution in [1.82, 2.24) is 0 Å².